The average molecular weight is 440 g/mol. The summed E-state index contributed by atoms with van der Waals surface area (Å²) in [4.78, 5) is 17.4. The first-order chi connectivity index (χ1) is 15.0. The van der Waals surface area contributed by atoms with E-state index in [2.05, 4.69) is 10.3 Å². The van der Waals surface area contributed by atoms with Crippen molar-refractivity contribution in [3.05, 3.63) is 88.4 Å². The van der Waals surface area contributed by atoms with Gasteiger partial charge >= 0.3 is 0 Å². The molecule has 0 spiro atoms. The Labute approximate surface area is 181 Å². The SMILES string of the molecule is COCc1c(C(=O)NCc2ccc(Oc3ccc(F)cc3)nc2)sc2cccc(F)c12. The second kappa shape index (κ2) is 9.20. The van der Waals surface area contributed by atoms with Crippen molar-refractivity contribution in [2.75, 3.05) is 7.11 Å². The van der Waals surface area contributed by atoms with Gasteiger partial charge < -0.3 is 14.8 Å². The minimum Gasteiger partial charge on any atom is -0.439 e. The molecule has 0 unspecified atom stereocenters. The summed E-state index contributed by atoms with van der Waals surface area (Å²) >= 11 is 1.23. The molecule has 0 aliphatic rings. The first-order valence-electron chi connectivity index (χ1n) is 9.40. The van der Waals surface area contributed by atoms with E-state index in [0.717, 1.165) is 5.56 Å². The molecule has 2 aromatic carbocycles. The summed E-state index contributed by atoms with van der Waals surface area (Å²) in [6.07, 6.45) is 1.58. The highest BCUT2D eigenvalue weighted by Crippen LogP contribution is 2.33. The fraction of sp³-hybridized carbons (Fsp3) is 0.130. The van der Waals surface area contributed by atoms with Crippen LogP contribution < -0.4 is 10.1 Å². The highest BCUT2D eigenvalue weighted by molar-refractivity contribution is 7.21. The average Bonchev–Trinajstić information content (AvgIpc) is 3.15. The highest BCUT2D eigenvalue weighted by atomic mass is 32.1. The zero-order chi connectivity index (χ0) is 21.8. The molecule has 158 valence electrons. The minimum absolute atomic E-state index is 0.140. The molecule has 0 atom stereocenters. The van der Waals surface area contributed by atoms with Crippen molar-refractivity contribution in [2.45, 2.75) is 13.2 Å². The van der Waals surface area contributed by atoms with Gasteiger partial charge in [0, 0.05) is 41.6 Å². The Kier molecular flexibility index (Phi) is 6.20. The van der Waals surface area contributed by atoms with Gasteiger partial charge in [-0.15, -0.1) is 11.3 Å². The number of carbonyl (C=O) groups is 1. The molecule has 0 bridgehead atoms. The Hall–Kier alpha value is -3.36. The van der Waals surface area contributed by atoms with Gasteiger partial charge in [-0.2, -0.15) is 0 Å². The van der Waals surface area contributed by atoms with Crippen LogP contribution in [0.1, 0.15) is 20.8 Å². The second-order valence-electron chi connectivity index (χ2n) is 6.70. The van der Waals surface area contributed by atoms with Crippen LogP contribution in [0.5, 0.6) is 11.6 Å². The Balaban J connectivity index is 1.44. The van der Waals surface area contributed by atoms with Crippen molar-refractivity contribution in [1.29, 1.82) is 0 Å². The lowest BCUT2D eigenvalue weighted by Gasteiger charge is -2.08. The molecule has 0 fully saturated rings. The number of carbonyl (C=O) groups excluding carboxylic acids is 1. The predicted molar refractivity (Wildman–Crippen MR) is 114 cm³/mol. The lowest BCUT2D eigenvalue weighted by molar-refractivity contribution is 0.0950. The van der Waals surface area contributed by atoms with E-state index in [1.807, 2.05) is 0 Å². The van der Waals surface area contributed by atoms with Gasteiger partial charge in [0.15, 0.2) is 0 Å². The van der Waals surface area contributed by atoms with Crippen molar-refractivity contribution in [1.82, 2.24) is 10.3 Å². The molecule has 0 aliphatic heterocycles. The molecule has 2 heterocycles. The van der Waals surface area contributed by atoms with Gasteiger partial charge in [0.2, 0.25) is 5.88 Å². The van der Waals surface area contributed by atoms with Crippen LogP contribution in [0.3, 0.4) is 0 Å². The van der Waals surface area contributed by atoms with Crippen LogP contribution in [-0.2, 0) is 17.9 Å². The maximum absolute atomic E-state index is 14.3. The molecule has 1 N–H and O–H groups in total. The van der Waals surface area contributed by atoms with Crippen LogP contribution >= 0.6 is 11.3 Å². The summed E-state index contributed by atoms with van der Waals surface area (Å²) in [6, 6.07) is 13.8. The summed E-state index contributed by atoms with van der Waals surface area (Å²) in [5.74, 6) is -0.205. The van der Waals surface area contributed by atoms with Gasteiger partial charge in [-0.1, -0.05) is 12.1 Å². The third kappa shape index (κ3) is 4.70. The normalized spacial score (nSPS) is 10.9. The lowest BCUT2D eigenvalue weighted by atomic mass is 10.1. The van der Waals surface area contributed by atoms with Gasteiger partial charge in [0.1, 0.15) is 17.4 Å². The summed E-state index contributed by atoms with van der Waals surface area (Å²) in [5, 5.41) is 3.26. The maximum atomic E-state index is 14.3. The summed E-state index contributed by atoms with van der Waals surface area (Å²) in [6.45, 7) is 0.381. The molecule has 4 aromatic rings. The number of hydrogen-bond acceptors (Lipinski definition) is 5. The number of fused-ring (bicyclic) bond motifs is 1. The number of hydrogen-bond donors (Lipinski definition) is 1. The number of nitrogens with zero attached hydrogens (tertiary/aromatic N) is 1. The Morgan fingerprint density at radius 3 is 2.61 bits per heavy atom. The van der Waals surface area contributed by atoms with Crippen molar-refractivity contribution in [3.8, 4) is 11.6 Å². The molecule has 0 aliphatic carbocycles. The molecular weight excluding hydrogens is 422 g/mol. The monoisotopic (exact) mass is 440 g/mol. The van der Waals surface area contributed by atoms with Gasteiger partial charge in [0.25, 0.3) is 5.91 Å². The van der Waals surface area contributed by atoms with Gasteiger partial charge in [0.05, 0.1) is 11.5 Å². The molecule has 8 heteroatoms. The third-order valence-corrected chi connectivity index (χ3v) is 5.74. The standard InChI is InChI=1S/C23H18F2N2O3S/c1-29-13-17-21-18(25)3-2-4-19(21)31-22(17)23(28)27-12-14-5-10-20(26-11-14)30-16-8-6-15(24)7-9-16/h2-11H,12-13H2,1H3,(H,27,28). The van der Waals surface area contributed by atoms with E-state index in [1.54, 1.807) is 30.5 Å². The van der Waals surface area contributed by atoms with E-state index in [1.165, 1.54) is 48.8 Å². The van der Waals surface area contributed by atoms with E-state index in [-0.39, 0.29) is 30.7 Å². The number of benzene rings is 2. The first kappa shape index (κ1) is 20.9. The largest absolute Gasteiger partial charge is 0.439 e. The second-order valence-corrected chi connectivity index (χ2v) is 7.75. The van der Waals surface area contributed by atoms with Crippen LogP contribution in [-0.4, -0.2) is 18.0 Å². The number of ether oxygens (including phenoxy) is 2. The minimum atomic E-state index is -0.374. The number of nitrogens with one attached hydrogen (secondary N) is 1. The molecular formula is C23H18F2N2O3S. The predicted octanol–water partition coefficient (Wildman–Crippen LogP) is 5.44. The zero-order valence-electron chi connectivity index (χ0n) is 16.5. The van der Waals surface area contributed by atoms with E-state index < -0.39 is 0 Å². The highest BCUT2D eigenvalue weighted by Gasteiger charge is 2.20. The molecule has 2 aromatic heterocycles. The number of thiophene rings is 1. The fourth-order valence-electron chi connectivity index (χ4n) is 3.09. The maximum Gasteiger partial charge on any atom is 0.262 e. The molecule has 5 nitrogen and oxygen atoms in total. The quantitative estimate of drug-likeness (QED) is 0.416. The Morgan fingerprint density at radius 2 is 1.90 bits per heavy atom. The van der Waals surface area contributed by atoms with Crippen molar-refractivity contribution >= 4 is 27.3 Å². The fourth-order valence-corrected chi connectivity index (χ4v) is 4.23. The molecule has 0 saturated carbocycles. The summed E-state index contributed by atoms with van der Waals surface area (Å²) < 4.78 is 38.7. The zero-order valence-corrected chi connectivity index (χ0v) is 17.3. The van der Waals surface area contributed by atoms with E-state index in [0.29, 0.717) is 32.2 Å². The topological polar surface area (TPSA) is 60.5 Å². The number of rotatable bonds is 7. The van der Waals surface area contributed by atoms with Crippen molar-refractivity contribution < 1.29 is 23.0 Å². The first-order valence-corrected chi connectivity index (χ1v) is 10.2. The number of halogens is 2. The summed E-state index contributed by atoms with van der Waals surface area (Å²) in [5.41, 5.74) is 1.31. The molecule has 0 radical (unpaired) electrons. The van der Waals surface area contributed by atoms with Crippen LogP contribution in [0.2, 0.25) is 0 Å². The van der Waals surface area contributed by atoms with Crippen LogP contribution in [0.15, 0.2) is 60.8 Å². The molecule has 1 amide bonds. The van der Waals surface area contributed by atoms with Gasteiger partial charge in [-0.25, -0.2) is 13.8 Å². The van der Waals surface area contributed by atoms with Crippen molar-refractivity contribution in [3.63, 3.8) is 0 Å². The number of aromatic nitrogens is 1. The van der Waals surface area contributed by atoms with E-state index in [9.17, 15) is 13.6 Å². The van der Waals surface area contributed by atoms with Crippen LogP contribution in [0, 0.1) is 11.6 Å². The number of pyridine rings is 1. The van der Waals surface area contributed by atoms with E-state index in [4.69, 9.17) is 9.47 Å². The van der Waals surface area contributed by atoms with Crippen LogP contribution in [0.25, 0.3) is 10.1 Å². The Bertz CT molecular complexity index is 1210. The number of amides is 1. The number of methoxy groups -OCH3 is 1. The third-order valence-electron chi connectivity index (χ3n) is 4.54. The van der Waals surface area contributed by atoms with E-state index >= 15 is 0 Å². The Morgan fingerprint density at radius 1 is 1.10 bits per heavy atom. The molecule has 0 saturated heterocycles. The van der Waals surface area contributed by atoms with Gasteiger partial charge in [-0.3, -0.25) is 4.79 Å². The smallest absolute Gasteiger partial charge is 0.262 e. The van der Waals surface area contributed by atoms with Gasteiger partial charge in [-0.05, 0) is 42.0 Å². The van der Waals surface area contributed by atoms with Crippen molar-refractivity contribution in [2.24, 2.45) is 0 Å². The molecule has 4 rings (SSSR count). The lowest BCUT2D eigenvalue weighted by Crippen LogP contribution is -2.23. The molecule has 31 heavy (non-hydrogen) atoms. The van der Waals surface area contributed by atoms with Crippen LogP contribution in [0.4, 0.5) is 8.78 Å². The summed E-state index contributed by atoms with van der Waals surface area (Å²) in [7, 11) is 1.51.